The van der Waals surface area contributed by atoms with Crippen LogP contribution in [0.3, 0.4) is 0 Å². The number of carbonyl (C=O) groups excluding carboxylic acids is 1. The minimum atomic E-state index is -0.241. The van der Waals surface area contributed by atoms with Crippen LogP contribution >= 0.6 is 0 Å². The number of piperazine rings is 1. The maximum absolute atomic E-state index is 13.5. The normalized spacial score (nSPS) is 19.7. The number of halogens is 1. The summed E-state index contributed by atoms with van der Waals surface area (Å²) >= 11 is 0. The van der Waals surface area contributed by atoms with Gasteiger partial charge < -0.3 is 19.9 Å². The largest absolute Gasteiger partial charge is 0.497 e. The lowest BCUT2D eigenvalue weighted by Gasteiger charge is -2.49. The molecule has 2 atom stereocenters. The summed E-state index contributed by atoms with van der Waals surface area (Å²) in [5.74, 6) is 0.260. The summed E-state index contributed by atoms with van der Waals surface area (Å²) < 4.78 is 18.7. The van der Waals surface area contributed by atoms with E-state index in [4.69, 9.17) is 4.74 Å². The lowest BCUT2D eigenvalue weighted by molar-refractivity contribution is -0.120. The number of nitrogens with zero attached hydrogens (tertiary/aromatic N) is 2. The zero-order chi connectivity index (χ0) is 22.1. The van der Waals surface area contributed by atoms with Gasteiger partial charge in [-0.05, 0) is 54.4 Å². The molecule has 32 heavy (non-hydrogen) atoms. The summed E-state index contributed by atoms with van der Waals surface area (Å²) in [6.07, 6.45) is 0.685. The maximum Gasteiger partial charge on any atom is 0.229 e. The fourth-order valence-corrected chi connectivity index (χ4v) is 4.88. The van der Waals surface area contributed by atoms with Gasteiger partial charge in [0.05, 0.1) is 19.1 Å². The second-order valence-electron chi connectivity index (χ2n) is 8.34. The molecule has 3 aromatic rings. The molecular formula is C26H26FN3O2. The van der Waals surface area contributed by atoms with Crippen molar-refractivity contribution >= 4 is 23.0 Å². The molecular weight excluding hydrogens is 405 g/mol. The van der Waals surface area contributed by atoms with Crippen molar-refractivity contribution in [2.24, 2.45) is 5.92 Å². The first-order valence-corrected chi connectivity index (χ1v) is 10.9. The number of methoxy groups -OCH3 is 1. The summed E-state index contributed by atoms with van der Waals surface area (Å²) in [4.78, 5) is 18.1. The summed E-state index contributed by atoms with van der Waals surface area (Å²) in [6, 6.07) is 22.4. The van der Waals surface area contributed by atoms with E-state index in [2.05, 4.69) is 33.3 Å². The molecule has 1 amide bonds. The van der Waals surface area contributed by atoms with E-state index in [1.54, 1.807) is 7.11 Å². The van der Waals surface area contributed by atoms with Crippen molar-refractivity contribution in [1.29, 1.82) is 0 Å². The second kappa shape index (κ2) is 8.54. The first kappa shape index (κ1) is 20.4. The van der Waals surface area contributed by atoms with Crippen LogP contribution in [0.5, 0.6) is 5.75 Å². The molecule has 0 bridgehead atoms. The molecule has 5 rings (SSSR count). The van der Waals surface area contributed by atoms with E-state index in [0.29, 0.717) is 18.7 Å². The summed E-state index contributed by atoms with van der Waals surface area (Å²) in [7, 11) is 1.61. The van der Waals surface area contributed by atoms with Crippen molar-refractivity contribution < 1.29 is 13.9 Å². The van der Waals surface area contributed by atoms with Crippen LogP contribution in [0.25, 0.3) is 0 Å². The van der Waals surface area contributed by atoms with Gasteiger partial charge in [0.25, 0.3) is 0 Å². The molecule has 6 heteroatoms. The summed E-state index contributed by atoms with van der Waals surface area (Å²) in [5, 5.41) is 3.10. The minimum Gasteiger partial charge on any atom is -0.497 e. The second-order valence-corrected chi connectivity index (χ2v) is 8.34. The molecule has 1 fully saturated rings. The molecule has 164 valence electrons. The molecule has 1 saturated heterocycles. The van der Waals surface area contributed by atoms with Gasteiger partial charge in [0.15, 0.2) is 0 Å². The summed E-state index contributed by atoms with van der Waals surface area (Å²) in [6.45, 7) is 2.33. The van der Waals surface area contributed by atoms with Gasteiger partial charge in [0.2, 0.25) is 5.91 Å². The molecule has 0 saturated carbocycles. The Morgan fingerprint density at radius 3 is 2.66 bits per heavy atom. The number of amides is 1. The molecule has 3 aromatic carbocycles. The minimum absolute atomic E-state index is 0.00344. The average molecular weight is 432 g/mol. The molecule has 2 aliphatic rings. The van der Waals surface area contributed by atoms with Gasteiger partial charge in [-0.15, -0.1) is 0 Å². The van der Waals surface area contributed by atoms with Crippen molar-refractivity contribution in [3.63, 3.8) is 0 Å². The molecule has 2 aliphatic heterocycles. The number of nitrogens with one attached hydrogen (secondary N) is 1. The van der Waals surface area contributed by atoms with Gasteiger partial charge in [0.1, 0.15) is 11.6 Å². The van der Waals surface area contributed by atoms with Crippen LogP contribution in [0.1, 0.15) is 5.56 Å². The van der Waals surface area contributed by atoms with E-state index in [0.717, 1.165) is 24.5 Å². The molecule has 0 aliphatic carbocycles. The van der Waals surface area contributed by atoms with Crippen LogP contribution in [0.4, 0.5) is 21.5 Å². The molecule has 2 unspecified atom stereocenters. The number of hydrogen-bond acceptors (Lipinski definition) is 4. The fourth-order valence-electron chi connectivity index (χ4n) is 4.88. The van der Waals surface area contributed by atoms with Crippen molar-refractivity contribution in [3.8, 4) is 5.75 Å². The van der Waals surface area contributed by atoms with Crippen LogP contribution in [0.15, 0.2) is 72.8 Å². The van der Waals surface area contributed by atoms with Crippen molar-refractivity contribution in [2.45, 2.75) is 12.5 Å². The van der Waals surface area contributed by atoms with Crippen LogP contribution in [0.2, 0.25) is 0 Å². The summed E-state index contributed by atoms with van der Waals surface area (Å²) in [5.41, 5.74) is 4.12. The zero-order valence-corrected chi connectivity index (χ0v) is 18.0. The number of carbonyl (C=O) groups is 1. The van der Waals surface area contributed by atoms with Gasteiger partial charge in [0, 0.05) is 42.8 Å². The Bertz CT molecular complexity index is 1120. The zero-order valence-electron chi connectivity index (χ0n) is 18.0. The number of anilines is 3. The third kappa shape index (κ3) is 3.88. The predicted octanol–water partition coefficient (Wildman–Crippen LogP) is 4.34. The molecule has 0 radical (unpaired) electrons. The maximum atomic E-state index is 13.5. The third-order valence-corrected chi connectivity index (χ3v) is 6.49. The van der Waals surface area contributed by atoms with Crippen molar-refractivity contribution in [3.05, 3.63) is 84.2 Å². The van der Waals surface area contributed by atoms with E-state index >= 15 is 0 Å². The lowest BCUT2D eigenvalue weighted by atomic mass is 9.83. The Hall–Kier alpha value is -3.54. The number of fused-ring (bicyclic) bond motifs is 3. The number of ether oxygens (including phenoxy) is 1. The van der Waals surface area contributed by atoms with E-state index in [1.165, 1.54) is 23.4 Å². The van der Waals surface area contributed by atoms with Crippen LogP contribution in [0, 0.1) is 11.7 Å². The highest BCUT2D eigenvalue weighted by atomic mass is 19.1. The average Bonchev–Trinajstić information content (AvgIpc) is 2.83. The van der Waals surface area contributed by atoms with E-state index in [1.807, 2.05) is 42.5 Å². The van der Waals surface area contributed by atoms with Gasteiger partial charge in [-0.2, -0.15) is 0 Å². The van der Waals surface area contributed by atoms with E-state index in [9.17, 15) is 9.18 Å². The highest BCUT2D eigenvalue weighted by Crippen LogP contribution is 2.37. The Balaban J connectivity index is 1.43. The standard InChI is InChI=1S/C26H26FN3O2/c1-32-22-7-4-6-20(16-22)28-26(31)23-15-18-5-2-3-8-24(18)30-14-13-29(17-25(23)30)21-11-9-19(27)10-12-21/h2-12,16,23,25H,13-15,17H2,1H3,(H,28,31). The fraction of sp³-hybridized carbons (Fsp3) is 0.269. The lowest BCUT2D eigenvalue weighted by Crippen LogP contribution is -2.60. The first-order valence-electron chi connectivity index (χ1n) is 10.9. The highest BCUT2D eigenvalue weighted by molar-refractivity contribution is 5.94. The monoisotopic (exact) mass is 431 g/mol. The number of para-hydroxylation sites is 1. The molecule has 0 spiro atoms. The SMILES string of the molecule is COc1cccc(NC(=O)C2Cc3ccccc3N3CCN(c4ccc(F)cc4)CC23)c1. The Morgan fingerprint density at radius 1 is 1.03 bits per heavy atom. The predicted molar refractivity (Wildman–Crippen MR) is 125 cm³/mol. The number of rotatable bonds is 4. The Morgan fingerprint density at radius 2 is 1.84 bits per heavy atom. The van der Waals surface area contributed by atoms with Crippen LogP contribution in [-0.4, -0.2) is 38.7 Å². The molecule has 1 N–H and O–H groups in total. The van der Waals surface area contributed by atoms with Gasteiger partial charge in [-0.25, -0.2) is 4.39 Å². The highest BCUT2D eigenvalue weighted by Gasteiger charge is 2.41. The van der Waals surface area contributed by atoms with Crippen molar-refractivity contribution in [1.82, 2.24) is 0 Å². The van der Waals surface area contributed by atoms with Crippen molar-refractivity contribution in [2.75, 3.05) is 41.9 Å². The van der Waals surface area contributed by atoms with Gasteiger partial charge >= 0.3 is 0 Å². The molecule has 5 nitrogen and oxygen atoms in total. The molecule has 2 heterocycles. The van der Waals surface area contributed by atoms with Gasteiger partial charge in [-0.1, -0.05) is 24.3 Å². The van der Waals surface area contributed by atoms with Gasteiger partial charge in [-0.3, -0.25) is 4.79 Å². The molecule has 0 aromatic heterocycles. The topological polar surface area (TPSA) is 44.8 Å². The smallest absolute Gasteiger partial charge is 0.229 e. The van der Waals surface area contributed by atoms with E-state index in [-0.39, 0.29) is 23.7 Å². The number of hydrogen-bond donors (Lipinski definition) is 1. The van der Waals surface area contributed by atoms with Crippen LogP contribution < -0.4 is 19.9 Å². The Labute approximate surface area is 187 Å². The van der Waals surface area contributed by atoms with E-state index < -0.39 is 0 Å². The number of benzene rings is 3. The quantitative estimate of drug-likeness (QED) is 0.668. The first-order chi connectivity index (χ1) is 15.6. The Kier molecular flexibility index (Phi) is 5.43. The third-order valence-electron chi connectivity index (χ3n) is 6.49. The van der Waals surface area contributed by atoms with Crippen LogP contribution in [-0.2, 0) is 11.2 Å².